The molecule has 0 unspecified atom stereocenters. The SMILES string of the molecule is COc1ccc(-c2ccc3c(c2)[C@@H]2[C@@H](CCN2C(=O)Nc2ccc(F)cc2)[C@@H](CO)N3C)cc1. The van der Waals surface area contributed by atoms with Gasteiger partial charge in [0.15, 0.2) is 0 Å². The van der Waals surface area contributed by atoms with Crippen LogP contribution < -0.4 is 15.0 Å². The molecule has 0 aliphatic carbocycles. The van der Waals surface area contributed by atoms with Crippen LogP contribution in [0.5, 0.6) is 5.75 Å². The largest absolute Gasteiger partial charge is 0.497 e. The van der Waals surface area contributed by atoms with Crippen molar-refractivity contribution in [2.24, 2.45) is 5.92 Å². The molecule has 3 aromatic rings. The Bertz CT molecular complexity index is 1180. The molecule has 0 aromatic heterocycles. The number of amides is 2. The summed E-state index contributed by atoms with van der Waals surface area (Å²) in [6.45, 7) is 0.601. The van der Waals surface area contributed by atoms with E-state index in [4.69, 9.17) is 4.74 Å². The second-order valence-electron chi connectivity index (χ2n) is 8.89. The van der Waals surface area contributed by atoms with E-state index >= 15 is 0 Å². The number of hydrogen-bond acceptors (Lipinski definition) is 4. The van der Waals surface area contributed by atoms with Crippen molar-refractivity contribution >= 4 is 17.4 Å². The zero-order valence-corrected chi connectivity index (χ0v) is 19.2. The number of carbonyl (C=O) groups excluding carboxylic acids is 1. The molecule has 2 aliphatic rings. The van der Waals surface area contributed by atoms with Crippen LogP contribution in [-0.4, -0.2) is 49.4 Å². The lowest BCUT2D eigenvalue weighted by atomic mass is 9.81. The van der Waals surface area contributed by atoms with Gasteiger partial charge in [-0.3, -0.25) is 0 Å². The van der Waals surface area contributed by atoms with E-state index in [-0.39, 0.29) is 36.5 Å². The molecule has 0 spiro atoms. The first-order valence-corrected chi connectivity index (χ1v) is 11.5. The van der Waals surface area contributed by atoms with Crippen LogP contribution in [0.2, 0.25) is 0 Å². The molecule has 0 radical (unpaired) electrons. The zero-order chi connectivity index (χ0) is 23.8. The minimum Gasteiger partial charge on any atom is -0.497 e. The van der Waals surface area contributed by atoms with E-state index in [1.807, 2.05) is 36.2 Å². The van der Waals surface area contributed by atoms with Gasteiger partial charge in [0.05, 0.1) is 25.8 Å². The Balaban J connectivity index is 1.51. The van der Waals surface area contributed by atoms with Crippen LogP contribution in [-0.2, 0) is 0 Å². The number of urea groups is 1. The second-order valence-corrected chi connectivity index (χ2v) is 8.89. The van der Waals surface area contributed by atoms with Gasteiger partial charge >= 0.3 is 6.03 Å². The van der Waals surface area contributed by atoms with Gasteiger partial charge in [-0.1, -0.05) is 18.2 Å². The molecule has 0 saturated carbocycles. The molecule has 2 N–H and O–H groups in total. The molecule has 2 amide bonds. The molecule has 7 heteroatoms. The van der Waals surface area contributed by atoms with Crippen LogP contribution in [0.25, 0.3) is 11.1 Å². The molecule has 2 heterocycles. The highest BCUT2D eigenvalue weighted by Gasteiger charge is 2.47. The van der Waals surface area contributed by atoms with Crippen molar-refractivity contribution in [2.75, 3.05) is 37.5 Å². The topological polar surface area (TPSA) is 65.0 Å². The summed E-state index contributed by atoms with van der Waals surface area (Å²) in [4.78, 5) is 17.3. The van der Waals surface area contributed by atoms with Crippen LogP contribution in [0.4, 0.5) is 20.6 Å². The molecule has 5 rings (SSSR count). The Kier molecular flexibility index (Phi) is 5.87. The predicted octanol–water partition coefficient (Wildman–Crippen LogP) is 4.91. The first kappa shape index (κ1) is 22.2. The number of aliphatic hydroxyl groups excluding tert-OH is 1. The molecule has 1 fully saturated rings. The molecule has 34 heavy (non-hydrogen) atoms. The van der Waals surface area contributed by atoms with Crippen molar-refractivity contribution < 1.29 is 19.0 Å². The van der Waals surface area contributed by atoms with Gasteiger partial charge in [0.1, 0.15) is 11.6 Å². The Morgan fingerprint density at radius 3 is 2.47 bits per heavy atom. The van der Waals surface area contributed by atoms with Crippen LogP contribution in [0.1, 0.15) is 18.0 Å². The van der Waals surface area contributed by atoms with Gasteiger partial charge in [0, 0.05) is 30.9 Å². The summed E-state index contributed by atoms with van der Waals surface area (Å²) in [5, 5.41) is 13.1. The molecule has 2 aliphatic heterocycles. The van der Waals surface area contributed by atoms with Gasteiger partial charge < -0.3 is 25.0 Å². The van der Waals surface area contributed by atoms with Gasteiger partial charge in [-0.25, -0.2) is 9.18 Å². The number of aliphatic hydroxyl groups is 1. The first-order chi connectivity index (χ1) is 16.5. The van der Waals surface area contributed by atoms with E-state index in [9.17, 15) is 14.3 Å². The number of hydrogen-bond donors (Lipinski definition) is 2. The van der Waals surface area contributed by atoms with E-state index in [1.54, 1.807) is 19.2 Å². The standard InChI is InChI=1S/C27H28FN3O3/c1-30-24-12-5-18(17-3-10-21(34-2)11-4-17)15-23(24)26-22(25(30)16-32)13-14-31(26)27(33)29-20-8-6-19(28)7-9-20/h3-12,15,22,25-26,32H,13-14,16H2,1-2H3,(H,29,33)/t22-,25+,26-/m0/s1. The van der Waals surface area contributed by atoms with Gasteiger partial charge in [-0.2, -0.15) is 0 Å². The Labute approximate surface area is 198 Å². The molecule has 6 nitrogen and oxygen atoms in total. The number of ether oxygens (including phenoxy) is 1. The number of fused-ring (bicyclic) bond motifs is 3. The smallest absolute Gasteiger partial charge is 0.322 e. The highest BCUT2D eigenvalue weighted by Crippen LogP contribution is 2.49. The Morgan fingerprint density at radius 1 is 1.09 bits per heavy atom. The third kappa shape index (κ3) is 3.86. The summed E-state index contributed by atoms with van der Waals surface area (Å²) in [5.74, 6) is 0.555. The van der Waals surface area contributed by atoms with Crippen molar-refractivity contribution in [2.45, 2.75) is 18.5 Å². The fourth-order valence-corrected chi connectivity index (χ4v) is 5.37. The zero-order valence-electron chi connectivity index (χ0n) is 19.2. The number of methoxy groups -OCH3 is 1. The average Bonchev–Trinajstić information content (AvgIpc) is 3.31. The normalized spacial score (nSPS) is 21.1. The molecular weight excluding hydrogens is 433 g/mol. The maximum absolute atomic E-state index is 13.3. The monoisotopic (exact) mass is 461 g/mol. The van der Waals surface area contributed by atoms with Gasteiger partial charge in [-0.05, 0) is 71.6 Å². The van der Waals surface area contributed by atoms with E-state index in [2.05, 4.69) is 28.4 Å². The number of carbonyl (C=O) groups is 1. The minimum atomic E-state index is -0.347. The summed E-state index contributed by atoms with van der Waals surface area (Å²) in [5.41, 5.74) is 4.75. The summed E-state index contributed by atoms with van der Waals surface area (Å²) in [6, 6.07) is 19.5. The quantitative estimate of drug-likeness (QED) is 0.580. The molecule has 0 bridgehead atoms. The molecule has 1 saturated heterocycles. The minimum absolute atomic E-state index is 0.0186. The van der Waals surface area contributed by atoms with E-state index in [0.29, 0.717) is 12.2 Å². The number of halogens is 1. The fourth-order valence-electron chi connectivity index (χ4n) is 5.37. The third-order valence-electron chi connectivity index (χ3n) is 7.13. The number of anilines is 2. The number of likely N-dealkylation sites (N-methyl/N-ethyl adjacent to an activating group) is 1. The lowest BCUT2D eigenvalue weighted by molar-refractivity contribution is 0.168. The third-order valence-corrected chi connectivity index (χ3v) is 7.13. The summed E-state index contributed by atoms with van der Waals surface area (Å²) >= 11 is 0. The van der Waals surface area contributed by atoms with Gasteiger partial charge in [-0.15, -0.1) is 0 Å². The Hall–Kier alpha value is -3.58. The molecule has 176 valence electrons. The fraction of sp³-hybridized carbons (Fsp3) is 0.296. The van der Waals surface area contributed by atoms with E-state index in [1.165, 1.54) is 12.1 Å². The molecule has 3 atom stereocenters. The Morgan fingerprint density at radius 2 is 1.79 bits per heavy atom. The van der Waals surface area contributed by atoms with Crippen LogP contribution in [0, 0.1) is 11.7 Å². The first-order valence-electron chi connectivity index (χ1n) is 11.5. The van der Waals surface area contributed by atoms with E-state index < -0.39 is 0 Å². The van der Waals surface area contributed by atoms with Crippen molar-refractivity contribution in [1.29, 1.82) is 0 Å². The summed E-state index contributed by atoms with van der Waals surface area (Å²) in [7, 11) is 3.65. The molecule has 3 aromatic carbocycles. The van der Waals surface area contributed by atoms with Crippen molar-refractivity contribution in [3.05, 3.63) is 78.1 Å². The van der Waals surface area contributed by atoms with Crippen molar-refractivity contribution in [1.82, 2.24) is 4.90 Å². The van der Waals surface area contributed by atoms with Crippen LogP contribution in [0.15, 0.2) is 66.7 Å². The van der Waals surface area contributed by atoms with Gasteiger partial charge in [0.2, 0.25) is 0 Å². The maximum Gasteiger partial charge on any atom is 0.322 e. The number of nitrogens with zero attached hydrogens (tertiary/aromatic N) is 2. The highest BCUT2D eigenvalue weighted by atomic mass is 19.1. The average molecular weight is 462 g/mol. The van der Waals surface area contributed by atoms with Crippen LogP contribution in [0.3, 0.4) is 0 Å². The predicted molar refractivity (Wildman–Crippen MR) is 131 cm³/mol. The summed E-state index contributed by atoms with van der Waals surface area (Å²) in [6.07, 6.45) is 0.795. The maximum atomic E-state index is 13.3. The number of benzene rings is 3. The van der Waals surface area contributed by atoms with Crippen molar-refractivity contribution in [3.63, 3.8) is 0 Å². The van der Waals surface area contributed by atoms with Gasteiger partial charge in [0.25, 0.3) is 0 Å². The molecular formula is C27H28FN3O3. The number of rotatable bonds is 4. The second kappa shape index (κ2) is 8.99. The summed E-state index contributed by atoms with van der Waals surface area (Å²) < 4.78 is 18.6. The van der Waals surface area contributed by atoms with Crippen molar-refractivity contribution in [3.8, 4) is 16.9 Å². The van der Waals surface area contributed by atoms with E-state index in [0.717, 1.165) is 34.5 Å². The number of nitrogens with one attached hydrogen (secondary N) is 1. The lowest BCUT2D eigenvalue weighted by Crippen LogP contribution is -2.48. The lowest BCUT2D eigenvalue weighted by Gasteiger charge is -2.44. The highest BCUT2D eigenvalue weighted by molar-refractivity contribution is 5.90. The number of likely N-dealkylation sites (tertiary alicyclic amines) is 1. The van der Waals surface area contributed by atoms with Crippen LogP contribution >= 0.6 is 0 Å².